The number of rotatable bonds is 2. The lowest BCUT2D eigenvalue weighted by molar-refractivity contribution is -0.130. The molecule has 2 aromatic rings. The van der Waals surface area contributed by atoms with Gasteiger partial charge < -0.3 is 14.2 Å². The molecule has 0 aliphatic carbocycles. The number of piperidine rings is 1. The number of nitrogens with zero attached hydrogens (tertiary/aromatic N) is 2. The molecule has 0 atom stereocenters. The van der Waals surface area contributed by atoms with Crippen LogP contribution in [0.5, 0.6) is 0 Å². The van der Waals surface area contributed by atoms with Gasteiger partial charge in [-0.2, -0.15) is 0 Å². The molecule has 2 heterocycles. The van der Waals surface area contributed by atoms with Gasteiger partial charge in [-0.3, -0.25) is 9.59 Å². The minimum absolute atomic E-state index is 0.0669. The second kappa shape index (κ2) is 6.07. The van der Waals surface area contributed by atoms with E-state index < -0.39 is 0 Å². The van der Waals surface area contributed by atoms with Crippen molar-refractivity contribution in [2.45, 2.75) is 32.7 Å². The van der Waals surface area contributed by atoms with Gasteiger partial charge in [0.2, 0.25) is 5.91 Å². The van der Waals surface area contributed by atoms with Gasteiger partial charge in [-0.25, -0.2) is 0 Å². The zero-order valence-corrected chi connectivity index (χ0v) is 13.8. The van der Waals surface area contributed by atoms with Crippen molar-refractivity contribution >= 4 is 22.8 Å². The molecule has 0 saturated carbocycles. The Hall–Kier alpha value is -2.30. The summed E-state index contributed by atoms with van der Waals surface area (Å²) in [6, 6.07) is 7.93. The highest BCUT2D eigenvalue weighted by Crippen LogP contribution is 2.23. The number of aryl methyl sites for hydroxylation is 1. The summed E-state index contributed by atoms with van der Waals surface area (Å²) in [6.45, 7) is 4.90. The summed E-state index contributed by atoms with van der Waals surface area (Å²) in [5.74, 6) is 0.397. The summed E-state index contributed by atoms with van der Waals surface area (Å²) in [5.41, 5.74) is 1.88. The molecule has 1 fully saturated rings. The van der Waals surface area contributed by atoms with Crippen molar-refractivity contribution in [3.8, 4) is 0 Å². The molecule has 1 aliphatic heterocycles. The maximum Gasteiger partial charge on any atom is 0.289 e. The number of hydrogen-bond donors (Lipinski definition) is 0. The molecule has 0 spiro atoms. The normalized spacial score (nSPS) is 15.9. The highest BCUT2D eigenvalue weighted by molar-refractivity contribution is 5.96. The average molecular weight is 314 g/mol. The topological polar surface area (TPSA) is 53.8 Å². The van der Waals surface area contributed by atoms with Gasteiger partial charge in [0.15, 0.2) is 5.76 Å². The number of likely N-dealkylation sites (tertiary alicyclic amines) is 1. The van der Waals surface area contributed by atoms with Gasteiger partial charge in [-0.1, -0.05) is 11.6 Å². The maximum atomic E-state index is 12.6. The van der Waals surface area contributed by atoms with Crippen LogP contribution < -0.4 is 0 Å². The van der Waals surface area contributed by atoms with Crippen LogP contribution in [0.15, 0.2) is 28.7 Å². The van der Waals surface area contributed by atoms with Crippen molar-refractivity contribution in [2.75, 3.05) is 20.1 Å². The number of carbonyl (C=O) groups excluding carboxylic acids is 2. The first-order valence-corrected chi connectivity index (χ1v) is 7.98. The van der Waals surface area contributed by atoms with Crippen molar-refractivity contribution in [3.05, 3.63) is 35.6 Å². The zero-order chi connectivity index (χ0) is 16.6. The molecule has 122 valence electrons. The summed E-state index contributed by atoms with van der Waals surface area (Å²) >= 11 is 0. The third kappa shape index (κ3) is 3.09. The number of carbonyl (C=O) groups is 2. The van der Waals surface area contributed by atoms with Crippen LogP contribution in [0.3, 0.4) is 0 Å². The van der Waals surface area contributed by atoms with Crippen LogP contribution in [-0.2, 0) is 4.79 Å². The molecule has 0 unspecified atom stereocenters. The predicted octanol–water partition coefficient (Wildman–Crippen LogP) is 2.82. The first-order valence-electron chi connectivity index (χ1n) is 7.98. The molecule has 0 N–H and O–H groups in total. The molecule has 1 aromatic carbocycles. The Balaban J connectivity index is 1.70. The fourth-order valence-electron chi connectivity index (χ4n) is 3.14. The minimum atomic E-state index is -0.0669. The van der Waals surface area contributed by atoms with Gasteiger partial charge in [-0.05, 0) is 38.0 Å². The van der Waals surface area contributed by atoms with E-state index >= 15 is 0 Å². The third-order valence-corrected chi connectivity index (χ3v) is 4.68. The smallest absolute Gasteiger partial charge is 0.289 e. The van der Waals surface area contributed by atoms with Crippen molar-refractivity contribution < 1.29 is 14.0 Å². The van der Waals surface area contributed by atoms with E-state index in [1.165, 1.54) is 0 Å². The Morgan fingerprint density at radius 1 is 1.22 bits per heavy atom. The predicted molar refractivity (Wildman–Crippen MR) is 88.3 cm³/mol. The van der Waals surface area contributed by atoms with E-state index in [1.807, 2.05) is 43.1 Å². The number of amides is 2. The average Bonchev–Trinajstić information content (AvgIpc) is 2.96. The lowest BCUT2D eigenvalue weighted by Gasteiger charge is -2.36. The Morgan fingerprint density at radius 2 is 1.91 bits per heavy atom. The molecule has 1 aliphatic rings. The summed E-state index contributed by atoms with van der Waals surface area (Å²) in [6.07, 6.45) is 1.61. The highest BCUT2D eigenvalue weighted by Gasteiger charge is 2.28. The summed E-state index contributed by atoms with van der Waals surface area (Å²) in [7, 11) is 1.83. The van der Waals surface area contributed by atoms with E-state index in [2.05, 4.69) is 0 Å². The van der Waals surface area contributed by atoms with Crippen LogP contribution in [0.4, 0.5) is 0 Å². The van der Waals surface area contributed by atoms with Crippen molar-refractivity contribution in [1.29, 1.82) is 0 Å². The second-order valence-corrected chi connectivity index (χ2v) is 6.31. The summed E-state index contributed by atoms with van der Waals surface area (Å²) < 4.78 is 5.69. The lowest BCUT2D eigenvalue weighted by Crippen LogP contribution is -2.46. The molecular formula is C18H22N2O3. The molecule has 5 nitrogen and oxygen atoms in total. The van der Waals surface area contributed by atoms with Gasteiger partial charge in [0.1, 0.15) is 5.58 Å². The van der Waals surface area contributed by atoms with E-state index in [0.717, 1.165) is 29.4 Å². The molecule has 2 amide bonds. The SMILES string of the molecule is CC(=O)N(C)C1CCN(C(=O)c2cc3cc(C)ccc3o2)CC1. The van der Waals surface area contributed by atoms with E-state index in [-0.39, 0.29) is 17.9 Å². The number of fused-ring (bicyclic) bond motifs is 1. The molecule has 1 aromatic heterocycles. The Bertz CT molecular complexity index is 742. The van der Waals surface area contributed by atoms with Crippen molar-refractivity contribution in [2.24, 2.45) is 0 Å². The molecule has 23 heavy (non-hydrogen) atoms. The quantitative estimate of drug-likeness (QED) is 0.856. The van der Waals surface area contributed by atoms with E-state index in [9.17, 15) is 9.59 Å². The first kappa shape index (κ1) is 15.6. The molecular weight excluding hydrogens is 292 g/mol. The Morgan fingerprint density at radius 3 is 2.57 bits per heavy atom. The first-order chi connectivity index (χ1) is 11.0. The fraction of sp³-hybridized carbons (Fsp3) is 0.444. The lowest BCUT2D eigenvalue weighted by atomic mass is 10.0. The molecule has 0 radical (unpaired) electrons. The van der Waals surface area contributed by atoms with Gasteiger partial charge >= 0.3 is 0 Å². The summed E-state index contributed by atoms with van der Waals surface area (Å²) in [4.78, 5) is 27.6. The molecule has 5 heteroatoms. The van der Waals surface area contributed by atoms with Crippen LogP contribution in [0, 0.1) is 6.92 Å². The Kier molecular flexibility index (Phi) is 4.11. The van der Waals surface area contributed by atoms with Crippen LogP contribution in [0.1, 0.15) is 35.9 Å². The van der Waals surface area contributed by atoms with E-state index in [1.54, 1.807) is 11.8 Å². The van der Waals surface area contributed by atoms with Gasteiger partial charge in [0.25, 0.3) is 5.91 Å². The van der Waals surface area contributed by atoms with Crippen LogP contribution >= 0.6 is 0 Å². The standard InChI is InChI=1S/C18H22N2O3/c1-12-4-5-16-14(10-12)11-17(23-16)18(22)20-8-6-15(7-9-20)19(3)13(2)21/h4-5,10-11,15H,6-9H2,1-3H3. The molecule has 0 bridgehead atoms. The maximum absolute atomic E-state index is 12.6. The van der Waals surface area contributed by atoms with E-state index in [0.29, 0.717) is 18.8 Å². The van der Waals surface area contributed by atoms with Crippen LogP contribution in [-0.4, -0.2) is 47.8 Å². The zero-order valence-electron chi connectivity index (χ0n) is 13.8. The van der Waals surface area contributed by atoms with Crippen LogP contribution in [0.25, 0.3) is 11.0 Å². The molecule has 1 saturated heterocycles. The van der Waals surface area contributed by atoms with Gasteiger partial charge in [0, 0.05) is 38.5 Å². The Labute approximate surface area is 135 Å². The third-order valence-electron chi connectivity index (χ3n) is 4.68. The van der Waals surface area contributed by atoms with E-state index in [4.69, 9.17) is 4.42 Å². The molecule has 3 rings (SSSR count). The van der Waals surface area contributed by atoms with Crippen LogP contribution in [0.2, 0.25) is 0 Å². The number of benzene rings is 1. The van der Waals surface area contributed by atoms with Gasteiger partial charge in [0.05, 0.1) is 0 Å². The van der Waals surface area contributed by atoms with Crippen molar-refractivity contribution in [3.63, 3.8) is 0 Å². The number of hydrogen-bond acceptors (Lipinski definition) is 3. The highest BCUT2D eigenvalue weighted by atomic mass is 16.3. The summed E-state index contributed by atoms with van der Waals surface area (Å²) in [5, 5.41) is 0.958. The minimum Gasteiger partial charge on any atom is -0.451 e. The second-order valence-electron chi connectivity index (χ2n) is 6.31. The van der Waals surface area contributed by atoms with Crippen molar-refractivity contribution in [1.82, 2.24) is 9.80 Å². The largest absolute Gasteiger partial charge is 0.451 e. The number of furan rings is 1. The monoisotopic (exact) mass is 314 g/mol. The fourth-order valence-corrected chi connectivity index (χ4v) is 3.14. The van der Waals surface area contributed by atoms with Gasteiger partial charge in [-0.15, -0.1) is 0 Å².